The van der Waals surface area contributed by atoms with Crippen LogP contribution in [0.25, 0.3) is 0 Å². The molecule has 1 unspecified atom stereocenters. The maximum Gasteiger partial charge on any atom is 0.311 e. The minimum absolute atomic E-state index is 0.125. The summed E-state index contributed by atoms with van der Waals surface area (Å²) in [6.45, 7) is 4.07. The van der Waals surface area contributed by atoms with Crippen molar-refractivity contribution in [2.24, 2.45) is 5.92 Å². The van der Waals surface area contributed by atoms with Crippen molar-refractivity contribution in [2.45, 2.75) is 26.2 Å². The van der Waals surface area contributed by atoms with E-state index in [2.05, 4.69) is 18.2 Å². The minimum atomic E-state index is -0.125. The molecule has 0 bridgehead atoms. The fourth-order valence-electron chi connectivity index (χ4n) is 1.87. The van der Waals surface area contributed by atoms with Crippen LogP contribution in [-0.2, 0) is 9.53 Å². The summed E-state index contributed by atoms with van der Waals surface area (Å²) in [6.07, 6.45) is 2.52. The standard InChI is InChI=1S/C14H16O2/c1-10(2)13-8-12(9-14(15)16-13)11-6-4-3-5-7-11/h3-8,10,12H,9H2,1-2H3. The molecule has 2 heteroatoms. The minimum Gasteiger partial charge on any atom is -0.431 e. The van der Waals surface area contributed by atoms with Gasteiger partial charge in [0.05, 0.1) is 6.42 Å². The second-order valence-corrected chi connectivity index (χ2v) is 4.42. The first-order valence-electron chi connectivity index (χ1n) is 5.64. The first kappa shape index (κ1) is 10.9. The van der Waals surface area contributed by atoms with Gasteiger partial charge >= 0.3 is 5.97 Å². The normalized spacial score (nSPS) is 20.6. The summed E-state index contributed by atoms with van der Waals surface area (Å²) in [5.74, 6) is 1.10. The summed E-state index contributed by atoms with van der Waals surface area (Å²) in [5, 5.41) is 0. The highest BCUT2D eigenvalue weighted by Crippen LogP contribution is 2.30. The van der Waals surface area contributed by atoms with Crippen molar-refractivity contribution in [1.82, 2.24) is 0 Å². The third kappa shape index (κ3) is 2.32. The molecule has 0 spiro atoms. The number of esters is 1. The lowest BCUT2D eigenvalue weighted by molar-refractivity contribution is -0.141. The van der Waals surface area contributed by atoms with Gasteiger partial charge in [0, 0.05) is 11.8 Å². The van der Waals surface area contributed by atoms with Gasteiger partial charge in [-0.3, -0.25) is 4.79 Å². The molecule has 0 saturated carbocycles. The molecule has 1 aliphatic heterocycles. The molecule has 2 rings (SSSR count). The lowest BCUT2D eigenvalue weighted by Gasteiger charge is -2.22. The Hall–Kier alpha value is -1.57. The van der Waals surface area contributed by atoms with E-state index in [1.807, 2.05) is 32.0 Å². The summed E-state index contributed by atoms with van der Waals surface area (Å²) in [5.41, 5.74) is 1.18. The molecule has 84 valence electrons. The predicted molar refractivity (Wildman–Crippen MR) is 62.8 cm³/mol. The van der Waals surface area contributed by atoms with Crippen LogP contribution in [0.2, 0.25) is 0 Å². The van der Waals surface area contributed by atoms with E-state index in [-0.39, 0.29) is 17.8 Å². The monoisotopic (exact) mass is 216 g/mol. The Bertz CT molecular complexity index is 404. The average Bonchev–Trinajstić information content (AvgIpc) is 2.29. The van der Waals surface area contributed by atoms with Crippen LogP contribution in [-0.4, -0.2) is 5.97 Å². The van der Waals surface area contributed by atoms with Gasteiger partial charge in [-0.2, -0.15) is 0 Å². The molecule has 16 heavy (non-hydrogen) atoms. The maximum absolute atomic E-state index is 11.5. The molecule has 0 N–H and O–H groups in total. The molecule has 0 saturated heterocycles. The highest BCUT2D eigenvalue weighted by atomic mass is 16.5. The fourth-order valence-corrected chi connectivity index (χ4v) is 1.87. The summed E-state index contributed by atoms with van der Waals surface area (Å²) in [7, 11) is 0. The van der Waals surface area contributed by atoms with Gasteiger partial charge in [-0.25, -0.2) is 0 Å². The Morgan fingerprint density at radius 3 is 2.56 bits per heavy atom. The lowest BCUT2D eigenvalue weighted by Crippen LogP contribution is -2.18. The number of benzene rings is 1. The van der Waals surface area contributed by atoms with Crippen molar-refractivity contribution >= 4 is 5.97 Å². The van der Waals surface area contributed by atoms with Crippen molar-refractivity contribution < 1.29 is 9.53 Å². The molecule has 0 radical (unpaired) electrons. The van der Waals surface area contributed by atoms with Crippen LogP contribution in [0.4, 0.5) is 0 Å². The molecular formula is C14H16O2. The molecule has 1 aromatic rings. The summed E-state index contributed by atoms with van der Waals surface area (Å²) in [4.78, 5) is 11.5. The van der Waals surface area contributed by atoms with Crippen molar-refractivity contribution in [3.05, 3.63) is 47.7 Å². The van der Waals surface area contributed by atoms with Crippen LogP contribution in [0.5, 0.6) is 0 Å². The number of allylic oxidation sites excluding steroid dienone is 2. The number of carbonyl (C=O) groups excluding carboxylic acids is 1. The Morgan fingerprint density at radius 2 is 1.94 bits per heavy atom. The topological polar surface area (TPSA) is 26.3 Å². The van der Waals surface area contributed by atoms with Crippen LogP contribution in [0.1, 0.15) is 31.7 Å². The van der Waals surface area contributed by atoms with Gasteiger partial charge in [0.1, 0.15) is 5.76 Å². The second-order valence-electron chi connectivity index (χ2n) is 4.42. The van der Waals surface area contributed by atoms with Gasteiger partial charge in [-0.05, 0) is 11.6 Å². The SMILES string of the molecule is CC(C)C1=CC(c2ccccc2)CC(=O)O1. The van der Waals surface area contributed by atoms with Crippen LogP contribution in [0, 0.1) is 5.92 Å². The molecule has 0 aliphatic carbocycles. The molecule has 2 nitrogen and oxygen atoms in total. The molecule has 0 aromatic heterocycles. The predicted octanol–water partition coefficient (Wildman–Crippen LogP) is 3.26. The fraction of sp³-hybridized carbons (Fsp3) is 0.357. The largest absolute Gasteiger partial charge is 0.431 e. The van der Waals surface area contributed by atoms with E-state index in [0.717, 1.165) is 5.76 Å². The number of hydrogen-bond acceptors (Lipinski definition) is 2. The maximum atomic E-state index is 11.5. The average molecular weight is 216 g/mol. The summed E-state index contributed by atoms with van der Waals surface area (Å²) >= 11 is 0. The third-order valence-corrected chi connectivity index (χ3v) is 2.78. The molecule has 0 fully saturated rings. The first-order chi connectivity index (χ1) is 7.66. The van der Waals surface area contributed by atoms with Gasteiger partial charge < -0.3 is 4.74 Å². The Labute approximate surface area is 95.9 Å². The highest BCUT2D eigenvalue weighted by molar-refractivity contribution is 5.73. The van der Waals surface area contributed by atoms with Gasteiger partial charge in [0.25, 0.3) is 0 Å². The van der Waals surface area contributed by atoms with E-state index in [9.17, 15) is 4.79 Å². The van der Waals surface area contributed by atoms with Crippen LogP contribution in [0.3, 0.4) is 0 Å². The zero-order valence-electron chi connectivity index (χ0n) is 9.64. The van der Waals surface area contributed by atoms with Gasteiger partial charge in [0.15, 0.2) is 0 Å². The van der Waals surface area contributed by atoms with E-state index in [4.69, 9.17) is 4.74 Å². The molecular weight excluding hydrogens is 200 g/mol. The quantitative estimate of drug-likeness (QED) is 0.709. The van der Waals surface area contributed by atoms with Gasteiger partial charge in [-0.15, -0.1) is 0 Å². The number of rotatable bonds is 2. The van der Waals surface area contributed by atoms with Crippen LogP contribution in [0.15, 0.2) is 42.2 Å². The summed E-state index contributed by atoms with van der Waals surface area (Å²) in [6, 6.07) is 10.1. The van der Waals surface area contributed by atoms with E-state index in [1.165, 1.54) is 5.56 Å². The number of cyclic esters (lactones) is 1. The van der Waals surface area contributed by atoms with Crippen LogP contribution >= 0.6 is 0 Å². The van der Waals surface area contributed by atoms with Crippen molar-refractivity contribution in [2.75, 3.05) is 0 Å². The third-order valence-electron chi connectivity index (χ3n) is 2.78. The molecule has 1 aromatic carbocycles. The Balaban J connectivity index is 2.28. The van der Waals surface area contributed by atoms with E-state index < -0.39 is 0 Å². The Kier molecular flexibility index (Phi) is 3.09. The summed E-state index contributed by atoms with van der Waals surface area (Å²) < 4.78 is 5.22. The first-order valence-corrected chi connectivity index (χ1v) is 5.64. The molecule has 1 aliphatic rings. The van der Waals surface area contributed by atoms with Gasteiger partial charge in [-0.1, -0.05) is 44.2 Å². The number of hydrogen-bond donors (Lipinski definition) is 0. The lowest BCUT2D eigenvalue weighted by atomic mass is 9.92. The van der Waals surface area contributed by atoms with Gasteiger partial charge in [0.2, 0.25) is 0 Å². The van der Waals surface area contributed by atoms with Crippen LogP contribution < -0.4 is 0 Å². The molecule has 1 atom stereocenters. The molecule has 1 heterocycles. The smallest absolute Gasteiger partial charge is 0.311 e. The molecule has 0 amide bonds. The highest BCUT2D eigenvalue weighted by Gasteiger charge is 2.23. The van der Waals surface area contributed by atoms with Crippen molar-refractivity contribution in [1.29, 1.82) is 0 Å². The van der Waals surface area contributed by atoms with Crippen molar-refractivity contribution in [3.63, 3.8) is 0 Å². The number of carbonyl (C=O) groups is 1. The van der Waals surface area contributed by atoms with E-state index in [0.29, 0.717) is 6.42 Å². The zero-order chi connectivity index (χ0) is 11.5. The zero-order valence-corrected chi connectivity index (χ0v) is 9.64. The second kappa shape index (κ2) is 4.52. The number of ether oxygens (including phenoxy) is 1. The van der Waals surface area contributed by atoms with E-state index in [1.54, 1.807) is 0 Å². The Morgan fingerprint density at radius 1 is 1.25 bits per heavy atom. The van der Waals surface area contributed by atoms with Crippen molar-refractivity contribution in [3.8, 4) is 0 Å². The van der Waals surface area contributed by atoms with E-state index >= 15 is 0 Å².